The van der Waals surface area contributed by atoms with E-state index in [0.29, 0.717) is 26.1 Å². The van der Waals surface area contributed by atoms with E-state index in [-0.39, 0.29) is 34.0 Å². The molecule has 0 aliphatic carbocycles. The van der Waals surface area contributed by atoms with Gasteiger partial charge in [-0.15, -0.1) is 6.58 Å². The fourth-order valence-corrected chi connectivity index (χ4v) is 9.18. The summed E-state index contributed by atoms with van der Waals surface area (Å²) < 4.78 is 41.1. The molecule has 1 N–H and O–H groups in total. The van der Waals surface area contributed by atoms with Crippen molar-refractivity contribution in [3.63, 3.8) is 0 Å². The Labute approximate surface area is 275 Å². The fraction of sp³-hybridized carbons (Fsp3) is 0.778. The van der Waals surface area contributed by atoms with Gasteiger partial charge < -0.3 is 32.9 Å². The minimum atomic E-state index is -2.29. The van der Waals surface area contributed by atoms with E-state index in [2.05, 4.69) is 100 Å². The summed E-state index contributed by atoms with van der Waals surface area (Å²) in [7, 11) is -4.49. The number of rotatable bonds is 12. The molecule has 2 bridgehead atoms. The van der Waals surface area contributed by atoms with Gasteiger partial charge in [-0.3, -0.25) is 0 Å². The van der Waals surface area contributed by atoms with E-state index >= 15 is 0 Å². The maximum atomic E-state index is 11.4. The predicted octanol–water partition coefficient (Wildman–Crippen LogP) is 8.13. The second-order valence-corrected chi connectivity index (χ2v) is 26.9. The number of hydrogen-bond acceptors (Lipinski definition) is 7. The Balaban J connectivity index is 1.65. The summed E-state index contributed by atoms with van der Waals surface area (Å²) in [6.07, 6.45) is 2.17. The molecule has 0 saturated carbocycles. The molecular formula is C36H62O7Si2. The molecule has 0 amide bonds. The van der Waals surface area contributed by atoms with E-state index in [9.17, 15) is 5.11 Å². The lowest BCUT2D eigenvalue weighted by atomic mass is 9.88. The molecule has 3 aliphatic rings. The third-order valence-corrected chi connectivity index (χ3v) is 20.2. The second kappa shape index (κ2) is 12.9. The van der Waals surface area contributed by atoms with Gasteiger partial charge in [-0.25, -0.2) is 0 Å². The van der Waals surface area contributed by atoms with Crippen molar-refractivity contribution in [2.45, 2.75) is 171 Å². The third kappa shape index (κ3) is 8.06. The van der Waals surface area contributed by atoms with E-state index in [1.54, 1.807) is 6.08 Å². The highest BCUT2D eigenvalue weighted by Gasteiger charge is 2.62. The third-order valence-electron chi connectivity index (χ3n) is 11.3. The van der Waals surface area contributed by atoms with Crippen LogP contribution in [0, 0.1) is 0 Å². The van der Waals surface area contributed by atoms with Crippen molar-refractivity contribution in [1.29, 1.82) is 0 Å². The number of ether oxygens (including phenoxy) is 4. The van der Waals surface area contributed by atoms with Gasteiger partial charge in [0.1, 0.15) is 18.8 Å². The molecule has 9 heteroatoms. The minimum Gasteiger partial charge on any atom is -0.411 e. The molecule has 3 fully saturated rings. The molecular weight excluding hydrogens is 601 g/mol. The number of benzene rings is 1. The number of fused-ring (bicyclic) bond motifs is 2. The van der Waals surface area contributed by atoms with Crippen LogP contribution in [0.4, 0.5) is 0 Å². The molecule has 1 aromatic rings. The van der Waals surface area contributed by atoms with E-state index in [1.165, 1.54) is 0 Å². The van der Waals surface area contributed by atoms with Crippen molar-refractivity contribution in [3.8, 4) is 0 Å². The zero-order valence-electron chi connectivity index (χ0n) is 30.2. The summed E-state index contributed by atoms with van der Waals surface area (Å²) >= 11 is 0. The first-order chi connectivity index (χ1) is 20.5. The first-order valence-corrected chi connectivity index (χ1v) is 22.7. The molecule has 4 rings (SSSR count). The Morgan fingerprint density at radius 2 is 1.58 bits per heavy atom. The lowest BCUT2D eigenvalue weighted by Crippen LogP contribution is -2.57. The van der Waals surface area contributed by atoms with Gasteiger partial charge in [-0.1, -0.05) is 78.0 Å². The van der Waals surface area contributed by atoms with Crippen LogP contribution in [0.3, 0.4) is 0 Å². The maximum Gasteiger partial charge on any atom is 0.192 e. The molecule has 3 aliphatic heterocycles. The van der Waals surface area contributed by atoms with Crippen molar-refractivity contribution in [1.82, 2.24) is 0 Å². The number of aliphatic hydroxyl groups excluding tert-OH is 1. The van der Waals surface area contributed by atoms with Crippen LogP contribution < -0.4 is 0 Å². The normalized spacial score (nSPS) is 34.1. The first kappa shape index (κ1) is 36.9. The van der Waals surface area contributed by atoms with Gasteiger partial charge in [-0.2, -0.15) is 0 Å². The smallest absolute Gasteiger partial charge is 0.192 e. The highest BCUT2D eigenvalue weighted by molar-refractivity contribution is 6.74. The lowest BCUT2D eigenvalue weighted by molar-refractivity contribution is -0.343. The second-order valence-electron chi connectivity index (χ2n) is 17.3. The van der Waals surface area contributed by atoms with Crippen LogP contribution in [0.15, 0.2) is 43.0 Å². The van der Waals surface area contributed by atoms with Gasteiger partial charge in [0, 0.05) is 19.3 Å². The van der Waals surface area contributed by atoms with Gasteiger partial charge in [0.2, 0.25) is 0 Å². The summed E-state index contributed by atoms with van der Waals surface area (Å²) in [5.41, 5.74) is -0.0479. The largest absolute Gasteiger partial charge is 0.411 e. The van der Waals surface area contributed by atoms with E-state index in [4.69, 9.17) is 27.8 Å². The maximum absolute atomic E-state index is 11.4. The van der Waals surface area contributed by atoms with Crippen LogP contribution in [-0.2, 0) is 34.4 Å². The average molecular weight is 663 g/mol. The standard InChI is InChI=1S/C36H62O7Si2/c1-14-27(37)31(42-45(12,13)33(5,6)7)35(9)23-29(41-44(10,11)32(2,3)4)30(40-35)28-22-34(8)20-21-36(39-28,43-34)25-38-24-26-18-16-15-17-19-26/h14-19,27-31,37H,1,20-25H2,2-13H3/t27-,28-,29-,30-,31+,34+,35-,36+/m1/s1. The van der Waals surface area contributed by atoms with Crippen molar-refractivity contribution in [2.75, 3.05) is 6.61 Å². The van der Waals surface area contributed by atoms with Crippen LogP contribution in [0.1, 0.15) is 86.6 Å². The first-order valence-electron chi connectivity index (χ1n) is 16.9. The molecule has 0 radical (unpaired) electrons. The monoisotopic (exact) mass is 662 g/mol. The molecule has 7 nitrogen and oxygen atoms in total. The topological polar surface area (TPSA) is 75.6 Å². The molecule has 0 aromatic heterocycles. The molecule has 8 atom stereocenters. The number of hydrogen-bond donors (Lipinski definition) is 1. The average Bonchev–Trinajstić information content (AvgIpc) is 3.38. The molecule has 1 aromatic carbocycles. The van der Waals surface area contributed by atoms with Gasteiger partial charge in [0.25, 0.3) is 0 Å². The predicted molar refractivity (Wildman–Crippen MR) is 185 cm³/mol. The van der Waals surface area contributed by atoms with Gasteiger partial charge in [0.15, 0.2) is 22.4 Å². The quantitative estimate of drug-likeness (QED) is 0.179. The van der Waals surface area contributed by atoms with Gasteiger partial charge >= 0.3 is 0 Å². The Bertz CT molecular complexity index is 1160. The van der Waals surface area contributed by atoms with Crippen molar-refractivity contribution in [2.24, 2.45) is 0 Å². The van der Waals surface area contributed by atoms with Crippen LogP contribution >= 0.6 is 0 Å². The Morgan fingerprint density at radius 1 is 0.956 bits per heavy atom. The van der Waals surface area contributed by atoms with Crippen molar-refractivity contribution < 1.29 is 32.9 Å². The van der Waals surface area contributed by atoms with Gasteiger partial charge in [-0.05, 0) is 62.1 Å². The summed E-state index contributed by atoms with van der Waals surface area (Å²) in [5, 5.41) is 11.4. The molecule has 3 heterocycles. The molecule has 3 saturated heterocycles. The highest BCUT2D eigenvalue weighted by Crippen LogP contribution is 2.52. The van der Waals surface area contributed by atoms with Crippen molar-refractivity contribution in [3.05, 3.63) is 48.6 Å². The summed E-state index contributed by atoms with van der Waals surface area (Å²) in [5.74, 6) is -0.839. The zero-order chi connectivity index (χ0) is 33.7. The van der Waals surface area contributed by atoms with Crippen LogP contribution in [0.25, 0.3) is 0 Å². The highest BCUT2D eigenvalue weighted by atomic mass is 28.4. The van der Waals surface area contributed by atoms with E-state index in [0.717, 1.165) is 18.4 Å². The summed E-state index contributed by atoms with van der Waals surface area (Å²) in [4.78, 5) is 0. The Morgan fingerprint density at radius 3 is 2.16 bits per heavy atom. The zero-order valence-corrected chi connectivity index (χ0v) is 32.2. The van der Waals surface area contributed by atoms with Crippen LogP contribution in [0.5, 0.6) is 0 Å². The van der Waals surface area contributed by atoms with Crippen molar-refractivity contribution >= 4 is 16.6 Å². The van der Waals surface area contributed by atoms with E-state index in [1.807, 2.05) is 18.2 Å². The molecule has 45 heavy (non-hydrogen) atoms. The SMILES string of the molecule is C=C[C@@H](O)[C@H](O[Si](C)(C)C(C)(C)C)[C@@]1(C)C[C@@H](O[Si](C)(C)C(C)(C)C)[C@@H]([C@H]2C[C@]3(C)CC[C@](COCc4ccccc4)(O2)O3)O1. The van der Waals surface area contributed by atoms with Gasteiger partial charge in [0.05, 0.1) is 36.1 Å². The van der Waals surface area contributed by atoms with Crippen LogP contribution in [0.2, 0.25) is 36.3 Å². The van der Waals surface area contributed by atoms with E-state index < -0.39 is 40.2 Å². The molecule has 0 spiro atoms. The molecule has 0 unspecified atom stereocenters. The fourth-order valence-electron chi connectivity index (χ4n) is 6.48. The molecule has 256 valence electrons. The lowest BCUT2D eigenvalue weighted by Gasteiger charge is -2.47. The minimum absolute atomic E-state index is 0.0161. The van der Waals surface area contributed by atoms with Crippen LogP contribution in [-0.4, -0.2) is 75.9 Å². The number of aliphatic hydroxyl groups is 1. The summed E-state index contributed by atoms with van der Waals surface area (Å²) in [6.45, 7) is 31.5. The summed E-state index contributed by atoms with van der Waals surface area (Å²) in [6, 6.07) is 10.2. The Kier molecular flexibility index (Phi) is 10.6. The Hall–Kier alpha value is -0.886.